The SMILES string of the molecule is CCOC(=O)c1c(C)cc2c(C(=O)NCCO)nncc2c1C. The molecule has 0 fully saturated rings. The van der Waals surface area contributed by atoms with Gasteiger partial charge >= 0.3 is 5.97 Å². The summed E-state index contributed by atoms with van der Waals surface area (Å²) in [5.41, 5.74) is 2.05. The Labute approximate surface area is 133 Å². The molecule has 1 amide bonds. The number of benzene rings is 1. The highest BCUT2D eigenvalue weighted by atomic mass is 16.5. The number of esters is 1. The molecule has 0 spiro atoms. The topological polar surface area (TPSA) is 101 Å². The van der Waals surface area contributed by atoms with Crippen LogP contribution in [0.5, 0.6) is 0 Å². The maximum Gasteiger partial charge on any atom is 0.338 e. The summed E-state index contributed by atoms with van der Waals surface area (Å²) < 4.78 is 5.09. The number of rotatable bonds is 5. The lowest BCUT2D eigenvalue weighted by atomic mass is 9.96. The Kier molecular flexibility index (Phi) is 5.23. The van der Waals surface area contributed by atoms with Gasteiger partial charge < -0.3 is 15.2 Å². The van der Waals surface area contributed by atoms with Gasteiger partial charge in [0.05, 0.1) is 25.0 Å². The molecule has 0 unspecified atom stereocenters. The number of nitrogens with zero attached hydrogens (tertiary/aromatic N) is 2. The Morgan fingerprint density at radius 2 is 2.04 bits per heavy atom. The largest absolute Gasteiger partial charge is 0.462 e. The summed E-state index contributed by atoms with van der Waals surface area (Å²) in [7, 11) is 0. The van der Waals surface area contributed by atoms with Crippen LogP contribution in [0.3, 0.4) is 0 Å². The first-order valence-corrected chi connectivity index (χ1v) is 7.33. The van der Waals surface area contributed by atoms with Crippen LogP contribution in [-0.4, -0.2) is 46.9 Å². The van der Waals surface area contributed by atoms with Crippen LogP contribution in [0.15, 0.2) is 12.3 Å². The minimum Gasteiger partial charge on any atom is -0.462 e. The molecule has 0 aliphatic carbocycles. The zero-order valence-electron chi connectivity index (χ0n) is 13.3. The molecule has 7 heteroatoms. The summed E-state index contributed by atoms with van der Waals surface area (Å²) in [4.78, 5) is 24.3. The van der Waals surface area contributed by atoms with Gasteiger partial charge in [0.25, 0.3) is 5.91 Å². The average Bonchev–Trinajstić information content (AvgIpc) is 2.52. The van der Waals surface area contributed by atoms with Crippen molar-refractivity contribution in [2.24, 2.45) is 0 Å². The van der Waals surface area contributed by atoms with Crippen LogP contribution in [-0.2, 0) is 4.74 Å². The van der Waals surface area contributed by atoms with E-state index in [1.807, 2.05) is 0 Å². The maximum absolute atomic E-state index is 12.1. The van der Waals surface area contributed by atoms with Crippen LogP contribution in [0.1, 0.15) is 38.9 Å². The van der Waals surface area contributed by atoms with Gasteiger partial charge in [-0.2, -0.15) is 5.10 Å². The van der Waals surface area contributed by atoms with Crippen LogP contribution in [0.2, 0.25) is 0 Å². The number of aryl methyl sites for hydroxylation is 2. The van der Waals surface area contributed by atoms with E-state index in [1.54, 1.807) is 26.8 Å². The number of amides is 1. The Morgan fingerprint density at radius 3 is 2.70 bits per heavy atom. The molecule has 1 aromatic carbocycles. The van der Waals surface area contributed by atoms with Crippen molar-refractivity contribution in [1.29, 1.82) is 0 Å². The monoisotopic (exact) mass is 317 g/mol. The van der Waals surface area contributed by atoms with Crippen LogP contribution in [0, 0.1) is 13.8 Å². The van der Waals surface area contributed by atoms with E-state index in [0.717, 1.165) is 0 Å². The third-order valence-corrected chi connectivity index (χ3v) is 3.52. The van der Waals surface area contributed by atoms with Crippen LogP contribution < -0.4 is 5.32 Å². The predicted molar refractivity (Wildman–Crippen MR) is 84.4 cm³/mol. The lowest BCUT2D eigenvalue weighted by Crippen LogP contribution is -2.27. The normalized spacial score (nSPS) is 10.6. The maximum atomic E-state index is 12.1. The lowest BCUT2D eigenvalue weighted by molar-refractivity contribution is 0.0525. The minimum atomic E-state index is -0.417. The lowest BCUT2D eigenvalue weighted by Gasteiger charge is -2.13. The predicted octanol–water partition coefficient (Wildman–Crippen LogP) is 1.15. The number of carbonyl (C=O) groups excluding carboxylic acids is 2. The molecule has 0 bridgehead atoms. The van der Waals surface area contributed by atoms with E-state index < -0.39 is 11.9 Å². The number of nitrogens with one attached hydrogen (secondary N) is 1. The molecule has 0 aliphatic heterocycles. The van der Waals surface area contributed by atoms with E-state index in [4.69, 9.17) is 9.84 Å². The summed E-state index contributed by atoms with van der Waals surface area (Å²) in [5, 5.41) is 20.4. The van der Waals surface area contributed by atoms with Gasteiger partial charge in [0.1, 0.15) is 0 Å². The van der Waals surface area contributed by atoms with Crippen LogP contribution >= 0.6 is 0 Å². The van der Waals surface area contributed by atoms with Crippen molar-refractivity contribution in [1.82, 2.24) is 15.5 Å². The second kappa shape index (κ2) is 7.15. The Balaban J connectivity index is 2.60. The molecule has 0 radical (unpaired) electrons. The number of carbonyl (C=O) groups is 2. The van der Waals surface area contributed by atoms with Gasteiger partial charge in [0, 0.05) is 17.3 Å². The fourth-order valence-corrected chi connectivity index (χ4v) is 2.50. The standard InChI is InChI=1S/C16H19N3O4/c1-4-23-16(22)13-9(2)7-11-12(10(13)3)8-18-19-14(11)15(21)17-5-6-20/h7-8,20H,4-6H2,1-3H3,(H,17,21). The number of aromatic nitrogens is 2. The molecule has 2 aromatic rings. The summed E-state index contributed by atoms with van der Waals surface area (Å²) in [6.45, 7) is 5.59. The second-order valence-corrected chi connectivity index (χ2v) is 5.05. The van der Waals surface area contributed by atoms with Gasteiger partial charge in [0.15, 0.2) is 5.69 Å². The molecule has 1 aromatic heterocycles. The van der Waals surface area contributed by atoms with Crippen molar-refractivity contribution >= 4 is 22.6 Å². The smallest absolute Gasteiger partial charge is 0.338 e. The summed E-state index contributed by atoms with van der Waals surface area (Å²) >= 11 is 0. The molecule has 0 atom stereocenters. The van der Waals surface area contributed by atoms with E-state index in [0.29, 0.717) is 34.1 Å². The quantitative estimate of drug-likeness (QED) is 0.802. The minimum absolute atomic E-state index is 0.135. The summed E-state index contributed by atoms with van der Waals surface area (Å²) in [6, 6.07) is 1.73. The number of hydrogen-bond donors (Lipinski definition) is 2. The average molecular weight is 317 g/mol. The van der Waals surface area contributed by atoms with Gasteiger partial charge in [-0.15, -0.1) is 5.10 Å². The second-order valence-electron chi connectivity index (χ2n) is 5.05. The van der Waals surface area contributed by atoms with E-state index in [2.05, 4.69) is 15.5 Å². The number of fused-ring (bicyclic) bond motifs is 1. The molecule has 2 N–H and O–H groups in total. The van der Waals surface area contributed by atoms with E-state index in [9.17, 15) is 9.59 Å². The molecule has 2 rings (SSSR count). The number of aliphatic hydroxyl groups is 1. The number of ether oxygens (including phenoxy) is 1. The Morgan fingerprint density at radius 1 is 1.30 bits per heavy atom. The molecule has 7 nitrogen and oxygen atoms in total. The van der Waals surface area contributed by atoms with E-state index >= 15 is 0 Å². The molecule has 23 heavy (non-hydrogen) atoms. The van der Waals surface area contributed by atoms with Crippen molar-refractivity contribution in [3.63, 3.8) is 0 Å². The number of hydrogen-bond acceptors (Lipinski definition) is 6. The summed E-state index contributed by atoms with van der Waals surface area (Å²) in [6.07, 6.45) is 1.52. The highest BCUT2D eigenvalue weighted by Gasteiger charge is 2.20. The highest BCUT2D eigenvalue weighted by Crippen LogP contribution is 2.26. The first-order chi connectivity index (χ1) is 11.0. The first-order valence-electron chi connectivity index (χ1n) is 7.33. The van der Waals surface area contributed by atoms with Gasteiger partial charge in [-0.3, -0.25) is 4.79 Å². The zero-order chi connectivity index (χ0) is 17.0. The fraction of sp³-hybridized carbons (Fsp3) is 0.375. The molecule has 0 aliphatic rings. The van der Waals surface area contributed by atoms with E-state index in [1.165, 1.54) is 6.20 Å². The van der Waals surface area contributed by atoms with Gasteiger partial charge in [-0.05, 0) is 38.0 Å². The molecule has 122 valence electrons. The van der Waals surface area contributed by atoms with Crippen molar-refractivity contribution in [2.75, 3.05) is 19.8 Å². The molecular formula is C16H19N3O4. The van der Waals surface area contributed by atoms with Crippen molar-refractivity contribution in [2.45, 2.75) is 20.8 Å². The Hall–Kier alpha value is -2.54. The van der Waals surface area contributed by atoms with Crippen molar-refractivity contribution < 1.29 is 19.4 Å². The van der Waals surface area contributed by atoms with Crippen LogP contribution in [0.4, 0.5) is 0 Å². The molecule has 0 saturated carbocycles. The van der Waals surface area contributed by atoms with E-state index in [-0.39, 0.29) is 18.8 Å². The highest BCUT2D eigenvalue weighted by molar-refractivity contribution is 6.08. The Bertz CT molecular complexity index is 759. The first kappa shape index (κ1) is 16.8. The molecule has 1 heterocycles. The number of aliphatic hydroxyl groups excluding tert-OH is 1. The third-order valence-electron chi connectivity index (χ3n) is 3.52. The zero-order valence-corrected chi connectivity index (χ0v) is 13.3. The van der Waals surface area contributed by atoms with Crippen LogP contribution in [0.25, 0.3) is 10.8 Å². The van der Waals surface area contributed by atoms with Crippen molar-refractivity contribution in [3.8, 4) is 0 Å². The van der Waals surface area contributed by atoms with Gasteiger partial charge in [-0.25, -0.2) is 4.79 Å². The van der Waals surface area contributed by atoms with Crippen molar-refractivity contribution in [3.05, 3.63) is 34.6 Å². The molecular weight excluding hydrogens is 298 g/mol. The molecule has 0 saturated heterocycles. The third kappa shape index (κ3) is 3.29. The van der Waals surface area contributed by atoms with Gasteiger partial charge in [0.2, 0.25) is 0 Å². The van der Waals surface area contributed by atoms with Gasteiger partial charge in [-0.1, -0.05) is 0 Å². The fourth-order valence-electron chi connectivity index (χ4n) is 2.50. The summed E-state index contributed by atoms with van der Waals surface area (Å²) in [5.74, 6) is -0.813.